The van der Waals surface area contributed by atoms with Gasteiger partial charge in [0.2, 0.25) is 10.9 Å². The zero-order valence-corrected chi connectivity index (χ0v) is 12.2. The molecule has 11 heteroatoms. The van der Waals surface area contributed by atoms with Gasteiger partial charge in [-0.1, -0.05) is 0 Å². The van der Waals surface area contributed by atoms with E-state index in [-0.39, 0.29) is 47.8 Å². The van der Waals surface area contributed by atoms with Gasteiger partial charge in [-0.25, -0.2) is 8.42 Å². The minimum atomic E-state index is -5.01. The molecule has 103 valence electrons. The van der Waals surface area contributed by atoms with Gasteiger partial charge in [-0.15, -0.1) is 0 Å². The van der Waals surface area contributed by atoms with Crippen LogP contribution in [0.2, 0.25) is 0 Å². The van der Waals surface area contributed by atoms with Gasteiger partial charge in [0.25, 0.3) is 0 Å². The van der Waals surface area contributed by atoms with E-state index in [1.54, 1.807) is 0 Å². The Hall–Kier alpha value is -0.450. The van der Waals surface area contributed by atoms with E-state index in [0.717, 1.165) is 0 Å². The molecule has 0 aliphatic heterocycles. The van der Waals surface area contributed by atoms with Crippen LogP contribution < -0.4 is 4.72 Å². The number of hydrogen-bond acceptors (Lipinski definition) is 2. The number of thiol groups is 1. The summed E-state index contributed by atoms with van der Waals surface area (Å²) in [7, 11) is -3.36. The van der Waals surface area contributed by atoms with Crippen LogP contribution in [0.5, 0.6) is 0 Å². The minimum Gasteiger partial charge on any atom is -0.286 e. The van der Waals surface area contributed by atoms with Crippen molar-refractivity contribution in [3.05, 3.63) is 29.3 Å². The largest absolute Gasteiger partial charge is 0.416 e. The summed E-state index contributed by atoms with van der Waals surface area (Å²) < 4.78 is 96.0. The van der Waals surface area contributed by atoms with E-state index in [2.05, 4.69) is 0 Å². The molecule has 1 aromatic carbocycles. The molecular formula is C8H5F6NNaO2S. The molecule has 19 heavy (non-hydrogen) atoms. The van der Waals surface area contributed by atoms with Crippen LogP contribution in [-0.4, -0.2) is 38.0 Å². The van der Waals surface area contributed by atoms with E-state index in [1.165, 1.54) is 4.72 Å². The smallest absolute Gasteiger partial charge is 0.286 e. The second kappa shape index (κ2) is 6.33. The molecule has 3 nitrogen and oxygen atoms in total. The Labute approximate surface area is 127 Å². The van der Waals surface area contributed by atoms with Gasteiger partial charge < -0.3 is 0 Å². The summed E-state index contributed by atoms with van der Waals surface area (Å²) in [5.74, 6) is 0. The summed E-state index contributed by atoms with van der Waals surface area (Å²) in [6.07, 6.45) is -10.0. The number of hydrogen-bond donors (Lipinski definition) is 2. The van der Waals surface area contributed by atoms with Crippen LogP contribution in [0.1, 0.15) is 11.1 Å². The third-order valence-corrected chi connectivity index (χ3v) is 2.25. The molecule has 0 unspecified atom stereocenters. The van der Waals surface area contributed by atoms with E-state index >= 15 is 0 Å². The summed E-state index contributed by atoms with van der Waals surface area (Å²) in [5.41, 5.74) is -3.97. The van der Waals surface area contributed by atoms with Crippen LogP contribution in [0.25, 0.3) is 0 Å². The number of halogens is 6. The Bertz CT molecular complexity index is 485. The van der Waals surface area contributed by atoms with Crippen molar-refractivity contribution < 1.29 is 34.8 Å². The number of rotatable bonds is 2. The first-order valence-electron chi connectivity index (χ1n) is 4.20. The van der Waals surface area contributed by atoms with Gasteiger partial charge in [-0.05, 0) is 18.2 Å². The molecule has 1 N–H and O–H groups in total. The van der Waals surface area contributed by atoms with Crippen LogP contribution in [0.3, 0.4) is 0 Å². The molecule has 0 heterocycles. The first-order chi connectivity index (χ1) is 8.00. The van der Waals surface area contributed by atoms with E-state index in [0.29, 0.717) is 0 Å². The zero-order valence-electron chi connectivity index (χ0n) is 9.26. The van der Waals surface area contributed by atoms with Crippen LogP contribution in [0, 0.1) is 0 Å². The van der Waals surface area contributed by atoms with Gasteiger partial charge >= 0.3 is 12.4 Å². The van der Waals surface area contributed by atoms with Gasteiger partial charge in [0.15, 0.2) is 0 Å². The zero-order chi connectivity index (χ0) is 14.1. The molecule has 0 aliphatic rings. The van der Waals surface area contributed by atoms with Crippen molar-refractivity contribution in [3.63, 3.8) is 0 Å². The average Bonchev–Trinajstić information content (AvgIpc) is 2.13. The fraction of sp³-hybridized carbons (Fsp3) is 0.250. The predicted octanol–water partition coefficient (Wildman–Crippen LogP) is 2.28. The minimum absolute atomic E-state index is 0. The Balaban J connectivity index is 0.00000324. The Morgan fingerprint density at radius 3 is 1.47 bits per heavy atom. The summed E-state index contributed by atoms with van der Waals surface area (Å²) in [4.78, 5) is 0. The van der Waals surface area contributed by atoms with Crippen molar-refractivity contribution in [2.24, 2.45) is 0 Å². The Kier molecular flexibility index (Phi) is 6.18. The molecule has 0 saturated carbocycles. The normalized spacial score (nSPS) is 12.2. The van der Waals surface area contributed by atoms with Gasteiger partial charge in [-0.3, -0.25) is 4.72 Å². The molecule has 1 radical (unpaired) electrons. The number of alkyl halides is 6. The third kappa shape index (κ3) is 5.59. The van der Waals surface area contributed by atoms with Gasteiger partial charge in [0.1, 0.15) is 0 Å². The number of anilines is 1. The van der Waals surface area contributed by atoms with Crippen LogP contribution in [0.4, 0.5) is 32.0 Å². The predicted molar refractivity (Wildman–Crippen MR) is 56.1 cm³/mol. The van der Waals surface area contributed by atoms with Crippen LogP contribution >= 0.6 is 0 Å². The van der Waals surface area contributed by atoms with E-state index < -0.39 is 40.1 Å². The first kappa shape index (κ1) is 18.6. The summed E-state index contributed by atoms with van der Waals surface area (Å²) in [6, 6.07) is 0.462. The van der Waals surface area contributed by atoms with Gasteiger partial charge in [-0.2, -0.15) is 26.3 Å². The van der Waals surface area contributed by atoms with Gasteiger partial charge in [0.05, 0.1) is 11.1 Å². The molecule has 0 saturated heterocycles. The fourth-order valence-electron chi connectivity index (χ4n) is 1.12. The fourth-order valence-corrected chi connectivity index (χ4v) is 1.46. The quantitative estimate of drug-likeness (QED) is 0.499. The van der Waals surface area contributed by atoms with Crippen molar-refractivity contribution in [3.8, 4) is 0 Å². The standard InChI is InChI=1S/C8H5F6NO2S.Na/c9-7(10,11)4-1-5(8(12,13)14)3-6(2-4)15-18(16)17;/h1-3,18H,(H,15,16,17);. The van der Waals surface area contributed by atoms with Crippen LogP contribution in [-0.2, 0) is 23.2 Å². The van der Waals surface area contributed by atoms with E-state index in [1.807, 2.05) is 0 Å². The molecule has 1 aromatic rings. The van der Waals surface area contributed by atoms with Crippen molar-refractivity contribution in [2.75, 3.05) is 4.72 Å². The number of nitrogens with one attached hydrogen (secondary N) is 1. The molecule has 0 aromatic heterocycles. The monoisotopic (exact) mass is 316 g/mol. The molecule has 0 spiro atoms. The SMILES string of the molecule is O=[SH](=O)Nc1cc(C(F)(F)F)cc(C(F)(F)F)c1.[Na]. The van der Waals surface area contributed by atoms with Crippen molar-refractivity contribution in [2.45, 2.75) is 12.4 Å². The number of benzene rings is 1. The maximum Gasteiger partial charge on any atom is 0.416 e. The maximum atomic E-state index is 12.3. The maximum absolute atomic E-state index is 12.3. The average molecular weight is 316 g/mol. The summed E-state index contributed by atoms with van der Waals surface area (Å²) in [6.45, 7) is 0. The first-order valence-corrected chi connectivity index (χ1v) is 5.38. The molecule has 1 rings (SSSR count). The Morgan fingerprint density at radius 2 is 1.21 bits per heavy atom. The summed E-state index contributed by atoms with van der Waals surface area (Å²) >= 11 is 0. The topological polar surface area (TPSA) is 46.2 Å². The van der Waals surface area contributed by atoms with E-state index in [9.17, 15) is 34.8 Å². The van der Waals surface area contributed by atoms with Crippen LogP contribution in [0.15, 0.2) is 18.2 Å². The van der Waals surface area contributed by atoms with Crippen molar-refractivity contribution in [1.29, 1.82) is 0 Å². The van der Waals surface area contributed by atoms with Crippen molar-refractivity contribution in [1.82, 2.24) is 0 Å². The molecular weight excluding hydrogens is 311 g/mol. The molecule has 0 atom stereocenters. The second-order valence-electron chi connectivity index (χ2n) is 3.16. The second-order valence-corrected chi connectivity index (χ2v) is 3.90. The molecule has 0 fully saturated rings. The van der Waals surface area contributed by atoms with Gasteiger partial charge in [0, 0.05) is 35.2 Å². The third-order valence-electron chi connectivity index (χ3n) is 1.81. The summed E-state index contributed by atoms with van der Waals surface area (Å²) in [5, 5.41) is 0. The van der Waals surface area contributed by atoms with Crippen molar-refractivity contribution >= 4 is 46.1 Å². The molecule has 0 amide bonds. The molecule has 0 bridgehead atoms. The Morgan fingerprint density at radius 1 is 0.842 bits per heavy atom. The van der Waals surface area contributed by atoms with E-state index in [4.69, 9.17) is 0 Å². The molecule has 0 aliphatic carbocycles.